The molecule has 0 saturated carbocycles. The number of rotatable bonds is 6. The molecule has 0 atom stereocenters. The summed E-state index contributed by atoms with van der Waals surface area (Å²) in [5, 5.41) is 6.03. The van der Waals surface area contributed by atoms with Gasteiger partial charge in [0.15, 0.2) is 5.16 Å². The number of hydrogen-bond acceptors (Lipinski definition) is 5. The van der Waals surface area contributed by atoms with Gasteiger partial charge in [-0.2, -0.15) is 0 Å². The summed E-state index contributed by atoms with van der Waals surface area (Å²) in [5.41, 5.74) is 3.05. The van der Waals surface area contributed by atoms with Gasteiger partial charge in [0.1, 0.15) is 0 Å². The van der Waals surface area contributed by atoms with Gasteiger partial charge in [0.05, 0.1) is 17.6 Å². The van der Waals surface area contributed by atoms with Crippen molar-refractivity contribution in [2.75, 3.05) is 22.2 Å². The second-order valence-corrected chi connectivity index (χ2v) is 6.72. The van der Waals surface area contributed by atoms with Crippen LogP contribution in [0.5, 0.6) is 0 Å². The SMILES string of the molecule is CC(=O)Nc1ccc(NC(=O)CSc2nc(-c3ccccc3)cn2N)cc1. The summed E-state index contributed by atoms with van der Waals surface area (Å²) in [7, 11) is 0. The van der Waals surface area contributed by atoms with Gasteiger partial charge in [0.25, 0.3) is 0 Å². The van der Waals surface area contributed by atoms with Crippen LogP contribution in [0.4, 0.5) is 11.4 Å². The Hall–Kier alpha value is -3.26. The standard InChI is InChI=1S/C19H19N5O2S/c1-13(25)21-15-7-9-16(10-8-15)22-18(26)12-27-19-23-17(11-24(19)20)14-5-3-2-4-6-14/h2-11H,12,20H2,1H3,(H,21,25)(H,22,26). The molecule has 0 aliphatic carbocycles. The highest BCUT2D eigenvalue weighted by Crippen LogP contribution is 2.23. The van der Waals surface area contributed by atoms with E-state index >= 15 is 0 Å². The minimum Gasteiger partial charge on any atom is -0.337 e. The molecule has 8 heteroatoms. The van der Waals surface area contributed by atoms with E-state index in [0.29, 0.717) is 16.5 Å². The molecule has 0 spiro atoms. The molecular weight excluding hydrogens is 362 g/mol. The van der Waals surface area contributed by atoms with Crippen molar-refractivity contribution in [3.8, 4) is 11.3 Å². The van der Waals surface area contributed by atoms with Crippen LogP contribution >= 0.6 is 11.8 Å². The Kier molecular flexibility index (Phi) is 5.77. The second-order valence-electron chi connectivity index (χ2n) is 5.78. The van der Waals surface area contributed by atoms with Gasteiger partial charge in [0.2, 0.25) is 11.8 Å². The molecule has 0 radical (unpaired) electrons. The van der Waals surface area contributed by atoms with Crippen LogP contribution in [0.1, 0.15) is 6.92 Å². The number of anilines is 2. The van der Waals surface area contributed by atoms with E-state index in [9.17, 15) is 9.59 Å². The van der Waals surface area contributed by atoms with Crippen LogP contribution in [0.15, 0.2) is 66.0 Å². The molecule has 2 amide bonds. The lowest BCUT2D eigenvalue weighted by Gasteiger charge is -2.07. The molecule has 0 aliphatic rings. The predicted molar refractivity (Wildman–Crippen MR) is 108 cm³/mol. The number of nitrogens with one attached hydrogen (secondary N) is 2. The zero-order valence-corrected chi connectivity index (χ0v) is 15.5. The van der Waals surface area contributed by atoms with Crippen molar-refractivity contribution >= 4 is 35.0 Å². The zero-order valence-electron chi connectivity index (χ0n) is 14.7. The average molecular weight is 381 g/mol. The van der Waals surface area contributed by atoms with Gasteiger partial charge >= 0.3 is 0 Å². The first-order valence-electron chi connectivity index (χ1n) is 8.21. The number of carbonyl (C=O) groups is 2. The first-order chi connectivity index (χ1) is 13.0. The molecule has 0 unspecified atom stereocenters. The number of nitrogen functional groups attached to an aromatic ring is 1. The summed E-state index contributed by atoms with van der Waals surface area (Å²) < 4.78 is 1.42. The summed E-state index contributed by atoms with van der Waals surface area (Å²) in [6.07, 6.45) is 1.73. The molecule has 7 nitrogen and oxygen atoms in total. The second kappa shape index (κ2) is 8.41. The Morgan fingerprint density at radius 2 is 1.67 bits per heavy atom. The minimum atomic E-state index is -0.170. The summed E-state index contributed by atoms with van der Waals surface area (Å²) in [6.45, 7) is 1.44. The van der Waals surface area contributed by atoms with Gasteiger partial charge in [-0.15, -0.1) is 0 Å². The lowest BCUT2D eigenvalue weighted by Crippen LogP contribution is -2.15. The number of nitrogens with zero attached hydrogens (tertiary/aromatic N) is 2. The smallest absolute Gasteiger partial charge is 0.234 e. The molecular formula is C19H19N5O2S. The first-order valence-corrected chi connectivity index (χ1v) is 9.20. The normalized spacial score (nSPS) is 10.4. The van der Waals surface area contributed by atoms with E-state index < -0.39 is 0 Å². The van der Waals surface area contributed by atoms with Crippen LogP contribution in [0.2, 0.25) is 0 Å². The summed E-state index contributed by atoms with van der Waals surface area (Å²) in [5.74, 6) is 5.80. The maximum atomic E-state index is 12.2. The molecule has 0 fully saturated rings. The van der Waals surface area contributed by atoms with Crippen molar-refractivity contribution in [1.29, 1.82) is 0 Å². The largest absolute Gasteiger partial charge is 0.337 e. The van der Waals surface area contributed by atoms with Crippen molar-refractivity contribution in [1.82, 2.24) is 9.66 Å². The van der Waals surface area contributed by atoms with Crippen LogP contribution in [0, 0.1) is 0 Å². The number of hydrogen-bond donors (Lipinski definition) is 3. The molecule has 4 N–H and O–H groups in total. The predicted octanol–water partition coefficient (Wildman–Crippen LogP) is 2.95. The van der Waals surface area contributed by atoms with Gasteiger partial charge in [-0.05, 0) is 24.3 Å². The average Bonchev–Trinajstić information content (AvgIpc) is 3.03. The topological polar surface area (TPSA) is 102 Å². The first kappa shape index (κ1) is 18.5. The molecule has 1 aromatic heterocycles. The number of carbonyl (C=O) groups excluding carboxylic acids is 2. The fourth-order valence-corrected chi connectivity index (χ4v) is 3.10. The molecule has 138 valence electrons. The van der Waals surface area contributed by atoms with E-state index in [1.165, 1.54) is 23.4 Å². The van der Waals surface area contributed by atoms with Crippen molar-refractivity contribution in [3.05, 3.63) is 60.8 Å². The third-order valence-electron chi connectivity index (χ3n) is 3.59. The van der Waals surface area contributed by atoms with Crippen molar-refractivity contribution in [2.45, 2.75) is 12.1 Å². The highest BCUT2D eigenvalue weighted by atomic mass is 32.2. The highest BCUT2D eigenvalue weighted by Gasteiger charge is 2.11. The van der Waals surface area contributed by atoms with Crippen LogP contribution < -0.4 is 16.5 Å². The highest BCUT2D eigenvalue weighted by molar-refractivity contribution is 7.99. The van der Waals surface area contributed by atoms with Crippen molar-refractivity contribution in [2.24, 2.45) is 0 Å². The maximum absolute atomic E-state index is 12.2. The summed E-state index contributed by atoms with van der Waals surface area (Å²) in [4.78, 5) is 27.6. The van der Waals surface area contributed by atoms with Gasteiger partial charge in [-0.1, -0.05) is 42.1 Å². The molecule has 1 heterocycles. The quantitative estimate of drug-likeness (QED) is 0.450. The number of nitrogens with two attached hydrogens (primary N) is 1. The molecule has 0 bridgehead atoms. The van der Waals surface area contributed by atoms with Gasteiger partial charge in [0, 0.05) is 23.9 Å². The van der Waals surface area contributed by atoms with E-state index in [-0.39, 0.29) is 17.6 Å². The number of thioether (sulfide) groups is 1. The molecule has 3 aromatic rings. The number of aromatic nitrogens is 2. The van der Waals surface area contributed by atoms with Crippen molar-refractivity contribution in [3.63, 3.8) is 0 Å². The van der Waals surface area contributed by atoms with Crippen molar-refractivity contribution < 1.29 is 9.59 Å². The number of benzene rings is 2. The van der Waals surface area contributed by atoms with E-state index in [1.54, 1.807) is 30.5 Å². The van der Waals surface area contributed by atoms with Crippen LogP contribution in [0.25, 0.3) is 11.3 Å². The molecule has 0 saturated heterocycles. The minimum absolute atomic E-state index is 0.143. The molecule has 27 heavy (non-hydrogen) atoms. The molecule has 2 aromatic carbocycles. The van der Waals surface area contributed by atoms with E-state index in [1.807, 2.05) is 30.3 Å². The fraction of sp³-hybridized carbons (Fsp3) is 0.105. The Balaban J connectivity index is 1.56. The Bertz CT molecular complexity index is 938. The Labute approximate surface area is 161 Å². The maximum Gasteiger partial charge on any atom is 0.234 e. The van der Waals surface area contributed by atoms with E-state index in [0.717, 1.165) is 11.3 Å². The Morgan fingerprint density at radius 1 is 1.04 bits per heavy atom. The molecule has 3 rings (SSSR count). The van der Waals surface area contributed by atoms with Crippen LogP contribution in [0.3, 0.4) is 0 Å². The lowest BCUT2D eigenvalue weighted by atomic mass is 10.2. The van der Waals surface area contributed by atoms with Crippen LogP contribution in [-0.2, 0) is 9.59 Å². The zero-order chi connectivity index (χ0) is 19.2. The third-order valence-corrected chi connectivity index (χ3v) is 4.56. The third kappa shape index (κ3) is 5.11. The Morgan fingerprint density at radius 3 is 2.30 bits per heavy atom. The summed E-state index contributed by atoms with van der Waals surface area (Å²) in [6, 6.07) is 16.6. The van der Waals surface area contributed by atoms with Gasteiger partial charge in [-0.25, -0.2) is 9.66 Å². The monoisotopic (exact) mass is 381 g/mol. The van der Waals surface area contributed by atoms with E-state index in [2.05, 4.69) is 15.6 Å². The fourth-order valence-electron chi connectivity index (χ4n) is 2.40. The van der Waals surface area contributed by atoms with E-state index in [4.69, 9.17) is 5.84 Å². The lowest BCUT2D eigenvalue weighted by molar-refractivity contribution is -0.114. The summed E-state index contributed by atoms with van der Waals surface area (Å²) >= 11 is 1.26. The number of amides is 2. The molecule has 0 aliphatic heterocycles. The number of imidazole rings is 1. The van der Waals surface area contributed by atoms with Gasteiger partial charge < -0.3 is 16.5 Å². The van der Waals surface area contributed by atoms with Gasteiger partial charge in [-0.3, -0.25) is 9.59 Å². The van der Waals surface area contributed by atoms with Crippen LogP contribution in [-0.4, -0.2) is 27.2 Å².